The number of nitro benzene ring substituents is 1. The molecule has 1 aromatic heterocycles. The highest BCUT2D eigenvalue weighted by Crippen LogP contribution is 2.26. The molecule has 2 rings (SSSR count). The van der Waals surface area contributed by atoms with Gasteiger partial charge in [0.1, 0.15) is 11.3 Å². The smallest absolute Gasteiger partial charge is 0.258 e. The molecule has 0 unspecified atom stereocenters. The van der Waals surface area contributed by atoms with Gasteiger partial charge in [-0.05, 0) is 11.6 Å². The first kappa shape index (κ1) is 11.9. The normalized spacial score (nSPS) is 10.4. The molecule has 0 atom stereocenters. The zero-order valence-corrected chi connectivity index (χ0v) is 10.0. The molecule has 0 amide bonds. The standard InChI is InChI=1S/C9H6FN3O2S2/c10-8-3-7(13(14)15)2-1-6(8)4-16-9-12-11-5-17-9/h1-3,5H,4H2. The summed E-state index contributed by atoms with van der Waals surface area (Å²) in [5, 5.41) is 17.9. The van der Waals surface area contributed by atoms with Gasteiger partial charge in [-0.25, -0.2) is 4.39 Å². The van der Waals surface area contributed by atoms with Crippen molar-refractivity contribution in [2.45, 2.75) is 10.1 Å². The Hall–Kier alpha value is -1.54. The van der Waals surface area contributed by atoms with Gasteiger partial charge in [-0.2, -0.15) is 0 Å². The van der Waals surface area contributed by atoms with Crippen LogP contribution in [0.4, 0.5) is 10.1 Å². The summed E-state index contributed by atoms with van der Waals surface area (Å²) in [6.07, 6.45) is 0. The average Bonchev–Trinajstić information content (AvgIpc) is 2.80. The Balaban J connectivity index is 2.09. The van der Waals surface area contributed by atoms with E-state index in [0.29, 0.717) is 11.3 Å². The number of nitro groups is 1. The van der Waals surface area contributed by atoms with Gasteiger partial charge in [0.2, 0.25) is 0 Å². The Morgan fingerprint density at radius 1 is 1.53 bits per heavy atom. The van der Waals surface area contributed by atoms with E-state index in [2.05, 4.69) is 10.2 Å². The summed E-state index contributed by atoms with van der Waals surface area (Å²) in [4.78, 5) is 9.81. The molecule has 1 aromatic carbocycles. The fraction of sp³-hybridized carbons (Fsp3) is 0.111. The molecule has 0 radical (unpaired) electrons. The minimum Gasteiger partial charge on any atom is -0.258 e. The predicted molar refractivity (Wildman–Crippen MR) is 62.5 cm³/mol. The van der Waals surface area contributed by atoms with Crippen molar-refractivity contribution in [1.82, 2.24) is 10.2 Å². The highest BCUT2D eigenvalue weighted by molar-refractivity contribution is 8.00. The van der Waals surface area contributed by atoms with E-state index in [1.54, 1.807) is 5.51 Å². The van der Waals surface area contributed by atoms with Gasteiger partial charge in [0.25, 0.3) is 5.69 Å². The lowest BCUT2D eigenvalue weighted by atomic mass is 10.2. The lowest BCUT2D eigenvalue weighted by molar-refractivity contribution is -0.385. The summed E-state index contributed by atoms with van der Waals surface area (Å²) in [7, 11) is 0. The van der Waals surface area contributed by atoms with Gasteiger partial charge in [0.15, 0.2) is 4.34 Å². The quantitative estimate of drug-likeness (QED) is 0.486. The third kappa shape index (κ3) is 2.98. The Bertz CT molecular complexity index is 533. The minimum absolute atomic E-state index is 0.243. The second-order valence-corrected chi connectivity index (χ2v) is 5.08. The molecule has 8 heteroatoms. The number of hydrogen-bond acceptors (Lipinski definition) is 6. The highest BCUT2D eigenvalue weighted by atomic mass is 32.2. The van der Waals surface area contributed by atoms with E-state index in [9.17, 15) is 14.5 Å². The number of rotatable bonds is 4. The van der Waals surface area contributed by atoms with Crippen molar-refractivity contribution in [2.24, 2.45) is 0 Å². The van der Waals surface area contributed by atoms with Crippen molar-refractivity contribution < 1.29 is 9.31 Å². The van der Waals surface area contributed by atoms with E-state index in [0.717, 1.165) is 10.4 Å². The van der Waals surface area contributed by atoms with Crippen molar-refractivity contribution in [1.29, 1.82) is 0 Å². The van der Waals surface area contributed by atoms with Gasteiger partial charge in [-0.3, -0.25) is 10.1 Å². The molecule has 0 N–H and O–H groups in total. The van der Waals surface area contributed by atoms with Crippen LogP contribution in [0.3, 0.4) is 0 Å². The second-order valence-electron chi connectivity index (χ2n) is 3.03. The molecule has 0 aliphatic carbocycles. The number of benzene rings is 1. The second kappa shape index (κ2) is 5.19. The van der Waals surface area contributed by atoms with Crippen LogP contribution in [-0.2, 0) is 5.75 Å². The fourth-order valence-corrected chi connectivity index (χ4v) is 2.61. The molecule has 0 fully saturated rings. The fourth-order valence-electron chi connectivity index (χ4n) is 1.13. The number of halogens is 1. The van der Waals surface area contributed by atoms with Crippen molar-refractivity contribution in [3.63, 3.8) is 0 Å². The molecule has 0 aliphatic heterocycles. The maximum absolute atomic E-state index is 13.5. The summed E-state index contributed by atoms with van der Waals surface area (Å²) >= 11 is 2.71. The Morgan fingerprint density at radius 3 is 2.94 bits per heavy atom. The van der Waals surface area contributed by atoms with Crippen molar-refractivity contribution >= 4 is 28.8 Å². The van der Waals surface area contributed by atoms with E-state index >= 15 is 0 Å². The zero-order valence-electron chi connectivity index (χ0n) is 8.37. The van der Waals surface area contributed by atoms with Crippen LogP contribution in [0.25, 0.3) is 0 Å². The summed E-state index contributed by atoms with van der Waals surface area (Å²) < 4.78 is 14.2. The number of hydrogen-bond donors (Lipinski definition) is 0. The number of nitrogens with zero attached hydrogens (tertiary/aromatic N) is 3. The monoisotopic (exact) mass is 271 g/mol. The van der Waals surface area contributed by atoms with Crippen molar-refractivity contribution in [2.75, 3.05) is 0 Å². The van der Waals surface area contributed by atoms with Crippen LogP contribution in [0, 0.1) is 15.9 Å². The Labute approximate surface area is 104 Å². The summed E-state index contributed by atoms with van der Waals surface area (Å²) in [5.74, 6) is -0.199. The first-order valence-corrected chi connectivity index (χ1v) is 6.35. The van der Waals surface area contributed by atoms with Crippen molar-refractivity contribution in [3.05, 3.63) is 45.2 Å². The van der Waals surface area contributed by atoms with Crippen LogP contribution in [-0.4, -0.2) is 15.1 Å². The first-order valence-electron chi connectivity index (χ1n) is 4.48. The van der Waals surface area contributed by atoms with Gasteiger partial charge < -0.3 is 0 Å². The SMILES string of the molecule is O=[N+]([O-])c1ccc(CSc2nncs2)c(F)c1. The zero-order chi connectivity index (χ0) is 12.3. The molecule has 0 bridgehead atoms. The molecule has 17 heavy (non-hydrogen) atoms. The van der Waals surface area contributed by atoms with Gasteiger partial charge in [0, 0.05) is 11.8 Å². The van der Waals surface area contributed by atoms with E-state index < -0.39 is 10.7 Å². The summed E-state index contributed by atoms with van der Waals surface area (Å²) in [6, 6.07) is 3.64. The topological polar surface area (TPSA) is 68.9 Å². The lowest BCUT2D eigenvalue weighted by Crippen LogP contribution is -1.92. The van der Waals surface area contributed by atoms with Crippen LogP contribution < -0.4 is 0 Å². The molecule has 0 saturated heterocycles. The molecule has 5 nitrogen and oxygen atoms in total. The van der Waals surface area contributed by atoms with Crippen LogP contribution in [0.15, 0.2) is 28.0 Å². The molecule has 2 aromatic rings. The first-order chi connectivity index (χ1) is 8.16. The Morgan fingerprint density at radius 2 is 2.35 bits per heavy atom. The number of aromatic nitrogens is 2. The van der Waals surface area contributed by atoms with Gasteiger partial charge in [-0.1, -0.05) is 23.1 Å². The van der Waals surface area contributed by atoms with E-state index in [1.807, 2.05) is 0 Å². The molecule has 0 spiro atoms. The third-order valence-corrected chi connectivity index (χ3v) is 3.85. The molecule has 1 heterocycles. The maximum atomic E-state index is 13.5. The number of non-ortho nitro benzene ring substituents is 1. The minimum atomic E-state index is -0.620. The van der Waals surface area contributed by atoms with Crippen molar-refractivity contribution in [3.8, 4) is 0 Å². The van der Waals surface area contributed by atoms with Crippen LogP contribution >= 0.6 is 23.1 Å². The molecule has 0 aliphatic rings. The highest BCUT2D eigenvalue weighted by Gasteiger charge is 2.11. The molecule has 0 saturated carbocycles. The van der Waals surface area contributed by atoms with Gasteiger partial charge in [-0.15, -0.1) is 10.2 Å². The van der Waals surface area contributed by atoms with Crippen LogP contribution in [0.2, 0.25) is 0 Å². The van der Waals surface area contributed by atoms with E-state index in [4.69, 9.17) is 0 Å². The third-order valence-electron chi connectivity index (χ3n) is 1.94. The lowest BCUT2D eigenvalue weighted by Gasteiger charge is -2.00. The maximum Gasteiger partial charge on any atom is 0.272 e. The van der Waals surface area contributed by atoms with E-state index in [1.165, 1.54) is 35.2 Å². The average molecular weight is 271 g/mol. The summed E-state index contributed by atoms with van der Waals surface area (Å²) in [5.41, 5.74) is 1.76. The largest absolute Gasteiger partial charge is 0.272 e. The molecular weight excluding hydrogens is 265 g/mol. The Kier molecular flexibility index (Phi) is 3.64. The van der Waals surface area contributed by atoms with Crippen LogP contribution in [0.1, 0.15) is 5.56 Å². The predicted octanol–water partition coefficient (Wildman–Crippen LogP) is 2.88. The molecule has 88 valence electrons. The van der Waals surface area contributed by atoms with E-state index in [-0.39, 0.29) is 5.69 Å². The van der Waals surface area contributed by atoms with Gasteiger partial charge in [0.05, 0.1) is 11.0 Å². The summed E-state index contributed by atoms with van der Waals surface area (Å²) in [6.45, 7) is 0. The number of thioether (sulfide) groups is 1. The molecular formula is C9H6FN3O2S2. The van der Waals surface area contributed by atoms with Crippen LogP contribution in [0.5, 0.6) is 0 Å². The van der Waals surface area contributed by atoms with Gasteiger partial charge >= 0.3 is 0 Å².